The summed E-state index contributed by atoms with van der Waals surface area (Å²) < 4.78 is 17.0. The van der Waals surface area contributed by atoms with Gasteiger partial charge in [-0.1, -0.05) is 38.1 Å². The average Bonchev–Trinajstić information content (AvgIpc) is 2.82. The van der Waals surface area contributed by atoms with Crippen molar-refractivity contribution in [3.05, 3.63) is 76.4 Å². The Bertz CT molecular complexity index is 1330. The Labute approximate surface area is 210 Å². The van der Waals surface area contributed by atoms with E-state index >= 15 is 0 Å². The molecule has 1 aliphatic heterocycles. The zero-order valence-corrected chi connectivity index (χ0v) is 20.8. The van der Waals surface area contributed by atoms with E-state index in [1.807, 2.05) is 45.0 Å². The van der Waals surface area contributed by atoms with Crippen LogP contribution in [-0.2, 0) is 14.3 Å². The zero-order chi connectivity index (χ0) is 26.0. The fraction of sp³-hybridized carbons (Fsp3) is 0.321. The number of carbonyl (C=O) groups is 2. The highest BCUT2D eigenvalue weighted by Crippen LogP contribution is 2.48. The molecule has 1 heterocycles. The van der Waals surface area contributed by atoms with Crippen LogP contribution < -0.4 is 20.5 Å². The van der Waals surface area contributed by atoms with Crippen LogP contribution in [0.1, 0.15) is 43.7 Å². The summed E-state index contributed by atoms with van der Waals surface area (Å²) >= 11 is 0. The van der Waals surface area contributed by atoms with Crippen molar-refractivity contribution in [3.8, 4) is 17.6 Å². The maximum atomic E-state index is 13.2. The number of ketones is 1. The number of methoxy groups -OCH3 is 1. The van der Waals surface area contributed by atoms with Crippen molar-refractivity contribution < 1.29 is 23.8 Å². The monoisotopic (exact) mass is 487 g/mol. The highest BCUT2D eigenvalue weighted by atomic mass is 16.5. The second-order valence-corrected chi connectivity index (χ2v) is 9.76. The number of aryl methyl sites for hydroxylation is 1. The number of allylic oxidation sites excluding steroid dienone is 3. The molecule has 1 atom stereocenters. The largest absolute Gasteiger partial charge is 0.493 e. The molecule has 36 heavy (non-hydrogen) atoms. The van der Waals surface area contributed by atoms with Crippen molar-refractivity contribution in [1.29, 1.82) is 5.26 Å². The van der Waals surface area contributed by atoms with E-state index in [-0.39, 0.29) is 35.2 Å². The number of nitrogens with zero attached hydrogens (tertiary/aromatic N) is 1. The van der Waals surface area contributed by atoms with Gasteiger partial charge in [0.25, 0.3) is 5.91 Å². The van der Waals surface area contributed by atoms with E-state index in [2.05, 4.69) is 11.4 Å². The summed E-state index contributed by atoms with van der Waals surface area (Å²) in [6, 6.07) is 14.7. The summed E-state index contributed by atoms with van der Waals surface area (Å²) in [5.41, 5.74) is 8.77. The maximum Gasteiger partial charge on any atom is 0.262 e. The number of Topliss-reactive ketones (excluding diaryl/α,β-unsaturated/α-hetero) is 1. The fourth-order valence-electron chi connectivity index (χ4n) is 4.64. The van der Waals surface area contributed by atoms with E-state index in [4.69, 9.17) is 19.9 Å². The van der Waals surface area contributed by atoms with Gasteiger partial charge in [-0.25, -0.2) is 0 Å². The third-order valence-corrected chi connectivity index (χ3v) is 6.37. The lowest BCUT2D eigenvalue weighted by Crippen LogP contribution is -2.33. The number of nitriles is 1. The molecule has 1 amide bonds. The van der Waals surface area contributed by atoms with Crippen molar-refractivity contribution in [2.75, 3.05) is 19.0 Å². The Morgan fingerprint density at radius 1 is 1.22 bits per heavy atom. The number of amides is 1. The normalized spacial score (nSPS) is 18.6. The molecule has 0 saturated heterocycles. The number of nitrogens with two attached hydrogens (primary N) is 1. The van der Waals surface area contributed by atoms with Crippen LogP contribution in [0.5, 0.6) is 11.5 Å². The van der Waals surface area contributed by atoms with Crippen molar-refractivity contribution in [3.63, 3.8) is 0 Å². The van der Waals surface area contributed by atoms with Gasteiger partial charge in [0.1, 0.15) is 17.4 Å². The van der Waals surface area contributed by atoms with E-state index in [0.717, 1.165) is 5.56 Å². The van der Waals surface area contributed by atoms with Crippen LogP contribution in [0, 0.1) is 23.7 Å². The second-order valence-electron chi connectivity index (χ2n) is 9.76. The van der Waals surface area contributed by atoms with Gasteiger partial charge < -0.3 is 25.3 Å². The van der Waals surface area contributed by atoms with E-state index in [1.165, 1.54) is 7.11 Å². The lowest BCUT2D eigenvalue weighted by molar-refractivity contribution is -0.119. The molecule has 4 rings (SSSR count). The first-order valence-corrected chi connectivity index (χ1v) is 11.6. The highest BCUT2D eigenvalue weighted by molar-refractivity contribution is 6.00. The van der Waals surface area contributed by atoms with Gasteiger partial charge in [0.15, 0.2) is 23.9 Å². The topological polar surface area (TPSA) is 124 Å². The summed E-state index contributed by atoms with van der Waals surface area (Å²) in [6.07, 6.45) is 0.886. The number of hydrogen-bond acceptors (Lipinski definition) is 7. The number of ether oxygens (including phenoxy) is 3. The Morgan fingerprint density at radius 2 is 1.97 bits per heavy atom. The third kappa shape index (κ3) is 4.91. The smallest absolute Gasteiger partial charge is 0.262 e. The number of anilines is 1. The van der Waals surface area contributed by atoms with Crippen molar-refractivity contribution in [2.45, 2.75) is 39.5 Å². The van der Waals surface area contributed by atoms with Crippen LogP contribution in [0.25, 0.3) is 0 Å². The molecule has 0 radical (unpaired) electrons. The SMILES string of the molecule is COc1cc([C@@H]2C(C#N)=C(N)OC3=C2C(=O)CC(C)(C)C3)ccc1OCC(=O)Nc1ccccc1C. The van der Waals surface area contributed by atoms with Gasteiger partial charge in [0.2, 0.25) is 5.88 Å². The molecule has 2 aromatic rings. The molecule has 0 bridgehead atoms. The van der Waals surface area contributed by atoms with Gasteiger partial charge in [-0.2, -0.15) is 5.26 Å². The van der Waals surface area contributed by atoms with Gasteiger partial charge in [-0.15, -0.1) is 0 Å². The third-order valence-electron chi connectivity index (χ3n) is 6.37. The fourth-order valence-corrected chi connectivity index (χ4v) is 4.64. The molecule has 1 aliphatic carbocycles. The van der Waals surface area contributed by atoms with E-state index in [1.54, 1.807) is 18.2 Å². The minimum Gasteiger partial charge on any atom is -0.493 e. The standard InChI is InChI=1S/C28H29N3O5/c1-16-7-5-6-8-19(16)31-24(33)15-35-21-10-9-17(11-22(21)34-4)25-18(14-29)27(30)36-23-13-28(2,3)12-20(32)26(23)25/h5-11,25H,12-13,15,30H2,1-4H3,(H,31,33)/t25-/m1/s1. The number of carbonyl (C=O) groups excluding carboxylic acids is 2. The lowest BCUT2D eigenvalue weighted by Gasteiger charge is -2.37. The number of hydrogen-bond donors (Lipinski definition) is 2. The summed E-state index contributed by atoms with van der Waals surface area (Å²) in [6.45, 7) is 5.68. The van der Waals surface area contributed by atoms with Crippen LogP contribution >= 0.6 is 0 Å². The first-order chi connectivity index (χ1) is 17.1. The van der Waals surface area contributed by atoms with Crippen molar-refractivity contribution in [2.24, 2.45) is 11.1 Å². The molecule has 8 heteroatoms. The predicted octanol–water partition coefficient (Wildman–Crippen LogP) is 4.47. The van der Waals surface area contributed by atoms with Crippen LogP contribution in [0.4, 0.5) is 5.69 Å². The second kappa shape index (κ2) is 9.78. The molecular weight excluding hydrogens is 458 g/mol. The average molecular weight is 488 g/mol. The van der Waals surface area contributed by atoms with Crippen molar-refractivity contribution in [1.82, 2.24) is 0 Å². The lowest BCUT2D eigenvalue weighted by atomic mass is 9.70. The summed E-state index contributed by atoms with van der Waals surface area (Å²) in [7, 11) is 1.48. The minimum absolute atomic E-state index is 0.00100. The minimum atomic E-state index is -0.672. The van der Waals surface area contributed by atoms with Gasteiger partial charge in [-0.3, -0.25) is 9.59 Å². The molecule has 0 fully saturated rings. The Hall–Kier alpha value is -4.25. The molecule has 0 unspecified atom stereocenters. The molecule has 2 aliphatic rings. The predicted molar refractivity (Wildman–Crippen MR) is 134 cm³/mol. The molecule has 2 aromatic carbocycles. The van der Waals surface area contributed by atoms with Gasteiger partial charge in [0, 0.05) is 24.1 Å². The zero-order valence-electron chi connectivity index (χ0n) is 20.8. The quantitative estimate of drug-likeness (QED) is 0.616. The summed E-state index contributed by atoms with van der Waals surface area (Å²) in [4.78, 5) is 25.6. The van der Waals surface area contributed by atoms with Crippen LogP contribution in [0.3, 0.4) is 0 Å². The Balaban J connectivity index is 1.60. The molecule has 0 aromatic heterocycles. The first kappa shape index (κ1) is 24.9. The van der Waals surface area contributed by atoms with E-state index in [9.17, 15) is 14.9 Å². The van der Waals surface area contributed by atoms with Gasteiger partial charge in [0.05, 0.1) is 13.0 Å². The summed E-state index contributed by atoms with van der Waals surface area (Å²) in [5.74, 6) is 0.169. The van der Waals surface area contributed by atoms with Crippen molar-refractivity contribution >= 4 is 17.4 Å². The molecule has 0 saturated carbocycles. The number of rotatable bonds is 6. The molecule has 0 spiro atoms. The van der Waals surface area contributed by atoms with E-state index < -0.39 is 5.92 Å². The number of benzene rings is 2. The molecule has 3 N–H and O–H groups in total. The van der Waals surface area contributed by atoms with E-state index in [0.29, 0.717) is 46.9 Å². The van der Waals surface area contributed by atoms with Crippen LogP contribution in [0.2, 0.25) is 0 Å². The highest BCUT2D eigenvalue weighted by Gasteiger charge is 2.43. The summed E-state index contributed by atoms with van der Waals surface area (Å²) in [5, 5.41) is 12.7. The van der Waals surface area contributed by atoms with Crippen LogP contribution in [0.15, 0.2) is 65.3 Å². The number of nitrogens with one attached hydrogen (secondary N) is 1. The number of para-hydroxylation sites is 1. The molecular formula is C28H29N3O5. The Kier molecular flexibility index (Phi) is 6.75. The Morgan fingerprint density at radius 3 is 2.67 bits per heavy atom. The van der Waals surface area contributed by atoms with Gasteiger partial charge >= 0.3 is 0 Å². The van der Waals surface area contributed by atoms with Gasteiger partial charge in [-0.05, 0) is 41.7 Å². The molecule has 186 valence electrons. The maximum absolute atomic E-state index is 13.2. The first-order valence-electron chi connectivity index (χ1n) is 11.6. The van der Waals surface area contributed by atoms with Crippen LogP contribution in [-0.4, -0.2) is 25.4 Å². The molecule has 8 nitrogen and oxygen atoms in total.